The molecule has 1 N–H and O–H groups in total. The molecule has 8 heteroatoms. The molecule has 0 spiro atoms. The maximum Gasteiger partial charge on any atom is 0.257 e. The molecule has 1 amide bonds. The number of amides is 1. The van der Waals surface area contributed by atoms with Crippen LogP contribution in [0.3, 0.4) is 0 Å². The number of rotatable bonds is 8. The van der Waals surface area contributed by atoms with Gasteiger partial charge in [0.25, 0.3) is 5.91 Å². The molecule has 0 atom stereocenters. The van der Waals surface area contributed by atoms with Gasteiger partial charge >= 0.3 is 0 Å². The van der Waals surface area contributed by atoms with Gasteiger partial charge in [-0.3, -0.25) is 9.69 Å². The first-order valence-electron chi connectivity index (χ1n) is 10.1. The van der Waals surface area contributed by atoms with Crippen LogP contribution in [0, 0.1) is 13.8 Å². The van der Waals surface area contributed by atoms with Crippen molar-refractivity contribution in [2.45, 2.75) is 18.7 Å². The van der Waals surface area contributed by atoms with E-state index in [4.69, 9.17) is 4.74 Å². The first-order valence-corrected chi connectivity index (χ1v) is 11.5. The molecule has 1 aliphatic heterocycles. The Balaban J connectivity index is 1.37. The zero-order chi connectivity index (χ0) is 21.6. The van der Waals surface area contributed by atoms with Gasteiger partial charge in [0.1, 0.15) is 5.75 Å². The van der Waals surface area contributed by atoms with Crippen LogP contribution in [-0.4, -0.2) is 69.4 Å². The number of hydrogen-bond donors (Lipinski definition) is 1. The lowest BCUT2D eigenvalue weighted by molar-refractivity contribution is -0.123. The van der Waals surface area contributed by atoms with E-state index in [2.05, 4.69) is 10.2 Å². The Morgan fingerprint density at radius 1 is 1.00 bits per heavy atom. The predicted octanol–water partition coefficient (Wildman–Crippen LogP) is 1.80. The Bertz CT molecular complexity index is 953. The Kier molecular flexibility index (Phi) is 7.47. The number of nitrogens with zero attached hydrogens (tertiary/aromatic N) is 2. The van der Waals surface area contributed by atoms with E-state index in [1.165, 1.54) is 4.31 Å². The van der Waals surface area contributed by atoms with Gasteiger partial charge in [-0.15, -0.1) is 0 Å². The van der Waals surface area contributed by atoms with Crippen LogP contribution in [0.4, 0.5) is 0 Å². The summed E-state index contributed by atoms with van der Waals surface area (Å²) >= 11 is 0. The summed E-state index contributed by atoms with van der Waals surface area (Å²) in [5.74, 6) is 0.508. The van der Waals surface area contributed by atoms with E-state index < -0.39 is 10.0 Å². The monoisotopic (exact) mass is 431 g/mol. The van der Waals surface area contributed by atoms with Gasteiger partial charge in [0.05, 0.1) is 4.90 Å². The predicted molar refractivity (Wildman–Crippen MR) is 116 cm³/mol. The highest BCUT2D eigenvalue weighted by Crippen LogP contribution is 2.18. The summed E-state index contributed by atoms with van der Waals surface area (Å²) in [5.41, 5.74) is 2.11. The average molecular weight is 432 g/mol. The molecule has 2 aromatic rings. The molecule has 1 fully saturated rings. The standard InChI is InChI=1S/C22H29N3O4S/c1-18-6-8-21(9-7-18)30(27,28)25-14-12-24(13-15-25)11-10-23-22(26)17-29-20-5-3-4-19(2)16-20/h3-9,16H,10-15,17H2,1-2H3,(H,23,26). The van der Waals surface area contributed by atoms with Gasteiger partial charge in [0.15, 0.2) is 6.61 Å². The Labute approximate surface area is 178 Å². The minimum absolute atomic E-state index is 0.0218. The fourth-order valence-corrected chi connectivity index (χ4v) is 4.73. The van der Waals surface area contributed by atoms with Gasteiger partial charge in [-0.1, -0.05) is 29.8 Å². The molecule has 0 aromatic heterocycles. The Morgan fingerprint density at radius 3 is 2.37 bits per heavy atom. The van der Waals surface area contributed by atoms with E-state index in [0.717, 1.165) is 11.1 Å². The van der Waals surface area contributed by atoms with Gasteiger partial charge in [-0.25, -0.2) is 8.42 Å². The third-order valence-corrected chi connectivity index (χ3v) is 7.01. The Morgan fingerprint density at radius 2 is 1.70 bits per heavy atom. The zero-order valence-electron chi connectivity index (χ0n) is 17.5. The number of ether oxygens (including phenoxy) is 1. The molecule has 1 saturated heterocycles. The third-order valence-electron chi connectivity index (χ3n) is 5.10. The molecule has 3 rings (SSSR count). The van der Waals surface area contributed by atoms with Crippen LogP contribution in [0.15, 0.2) is 53.4 Å². The molecule has 1 aliphatic rings. The van der Waals surface area contributed by atoms with Crippen molar-refractivity contribution in [2.75, 3.05) is 45.9 Å². The van der Waals surface area contributed by atoms with Crippen molar-refractivity contribution < 1.29 is 17.9 Å². The van der Waals surface area contributed by atoms with Gasteiger partial charge in [0.2, 0.25) is 10.0 Å². The topological polar surface area (TPSA) is 79.0 Å². The summed E-state index contributed by atoms with van der Waals surface area (Å²) in [4.78, 5) is 14.5. The lowest BCUT2D eigenvalue weighted by Crippen LogP contribution is -2.50. The van der Waals surface area contributed by atoms with Crippen molar-refractivity contribution in [3.8, 4) is 5.75 Å². The highest BCUT2D eigenvalue weighted by atomic mass is 32.2. The van der Waals surface area contributed by atoms with E-state index in [0.29, 0.717) is 49.9 Å². The number of nitrogens with one attached hydrogen (secondary N) is 1. The van der Waals surface area contributed by atoms with E-state index in [-0.39, 0.29) is 12.5 Å². The molecule has 7 nitrogen and oxygen atoms in total. The molecule has 1 heterocycles. The van der Waals surface area contributed by atoms with Crippen LogP contribution in [-0.2, 0) is 14.8 Å². The maximum absolute atomic E-state index is 12.8. The van der Waals surface area contributed by atoms with Crippen LogP contribution in [0.2, 0.25) is 0 Å². The molecule has 30 heavy (non-hydrogen) atoms. The van der Waals surface area contributed by atoms with Crippen molar-refractivity contribution in [2.24, 2.45) is 0 Å². The molecule has 0 saturated carbocycles. The van der Waals surface area contributed by atoms with Crippen LogP contribution < -0.4 is 10.1 Å². The lowest BCUT2D eigenvalue weighted by Gasteiger charge is -2.34. The first-order chi connectivity index (χ1) is 14.3. The highest BCUT2D eigenvalue weighted by molar-refractivity contribution is 7.89. The largest absolute Gasteiger partial charge is 0.484 e. The van der Waals surface area contributed by atoms with Gasteiger partial charge < -0.3 is 10.1 Å². The number of carbonyl (C=O) groups excluding carboxylic acids is 1. The minimum Gasteiger partial charge on any atom is -0.484 e. The third kappa shape index (κ3) is 6.04. The van der Waals surface area contributed by atoms with Crippen molar-refractivity contribution in [3.63, 3.8) is 0 Å². The van der Waals surface area contributed by atoms with Gasteiger partial charge in [-0.2, -0.15) is 4.31 Å². The highest BCUT2D eigenvalue weighted by Gasteiger charge is 2.28. The molecule has 0 unspecified atom stereocenters. The summed E-state index contributed by atoms with van der Waals surface area (Å²) in [6, 6.07) is 14.5. The summed E-state index contributed by atoms with van der Waals surface area (Å²) in [7, 11) is -3.45. The van der Waals surface area contributed by atoms with Gasteiger partial charge in [0, 0.05) is 39.3 Å². The normalized spacial score (nSPS) is 15.7. The number of carbonyl (C=O) groups is 1. The van der Waals surface area contributed by atoms with Gasteiger partial charge in [-0.05, 0) is 43.7 Å². The van der Waals surface area contributed by atoms with Crippen molar-refractivity contribution in [1.29, 1.82) is 0 Å². The number of sulfonamides is 1. The molecule has 162 valence electrons. The second kappa shape index (κ2) is 10.1. The van der Waals surface area contributed by atoms with E-state index in [1.54, 1.807) is 12.1 Å². The summed E-state index contributed by atoms with van der Waals surface area (Å²) < 4.78 is 32.5. The molecule has 0 aliphatic carbocycles. The fraction of sp³-hybridized carbons (Fsp3) is 0.409. The van der Waals surface area contributed by atoms with Crippen LogP contribution in [0.25, 0.3) is 0 Å². The van der Waals surface area contributed by atoms with Crippen molar-refractivity contribution in [3.05, 3.63) is 59.7 Å². The van der Waals surface area contributed by atoms with Crippen LogP contribution in [0.5, 0.6) is 5.75 Å². The van der Waals surface area contributed by atoms with Crippen molar-refractivity contribution in [1.82, 2.24) is 14.5 Å². The number of aryl methyl sites for hydroxylation is 2. The quantitative estimate of drug-likeness (QED) is 0.690. The van der Waals surface area contributed by atoms with Crippen LogP contribution in [0.1, 0.15) is 11.1 Å². The molecular weight excluding hydrogens is 402 g/mol. The smallest absolute Gasteiger partial charge is 0.257 e. The molecule has 0 bridgehead atoms. The average Bonchev–Trinajstić information content (AvgIpc) is 2.73. The second-order valence-corrected chi connectivity index (χ2v) is 9.45. The molecular formula is C22H29N3O4S. The summed E-state index contributed by atoms with van der Waals surface area (Å²) in [6.07, 6.45) is 0. The molecule has 0 radical (unpaired) electrons. The summed E-state index contributed by atoms with van der Waals surface area (Å²) in [6.45, 7) is 7.23. The molecule has 2 aromatic carbocycles. The van der Waals surface area contributed by atoms with E-state index >= 15 is 0 Å². The lowest BCUT2D eigenvalue weighted by atomic mass is 10.2. The zero-order valence-corrected chi connectivity index (χ0v) is 18.3. The second-order valence-electron chi connectivity index (χ2n) is 7.51. The first kappa shape index (κ1) is 22.3. The van der Waals surface area contributed by atoms with E-state index in [1.807, 2.05) is 50.2 Å². The van der Waals surface area contributed by atoms with Crippen LogP contribution >= 0.6 is 0 Å². The SMILES string of the molecule is Cc1ccc(S(=O)(=O)N2CCN(CCNC(=O)COc3cccc(C)c3)CC2)cc1. The summed E-state index contributed by atoms with van der Waals surface area (Å²) in [5, 5.41) is 2.85. The number of hydrogen-bond acceptors (Lipinski definition) is 5. The number of benzene rings is 2. The minimum atomic E-state index is -3.45. The van der Waals surface area contributed by atoms with E-state index in [9.17, 15) is 13.2 Å². The number of piperazine rings is 1. The maximum atomic E-state index is 12.8. The fourth-order valence-electron chi connectivity index (χ4n) is 3.31. The van der Waals surface area contributed by atoms with Crippen molar-refractivity contribution >= 4 is 15.9 Å². The Hall–Kier alpha value is -2.42.